The third kappa shape index (κ3) is 3.05. The third-order valence-corrected chi connectivity index (χ3v) is 5.34. The lowest BCUT2D eigenvalue weighted by molar-refractivity contribution is 0.552. The molecule has 2 N–H and O–H groups in total. The van der Waals surface area contributed by atoms with Gasteiger partial charge in [0, 0.05) is 5.92 Å². The van der Waals surface area contributed by atoms with Crippen molar-refractivity contribution in [3.05, 3.63) is 50.5 Å². The van der Waals surface area contributed by atoms with Gasteiger partial charge in [0.2, 0.25) is 0 Å². The Morgan fingerprint density at radius 1 is 1.24 bits per heavy atom. The fourth-order valence-electron chi connectivity index (χ4n) is 3.04. The van der Waals surface area contributed by atoms with Crippen LogP contribution in [0.15, 0.2) is 24.3 Å². The summed E-state index contributed by atoms with van der Waals surface area (Å²) in [5.74, 6) is 1.98. The summed E-state index contributed by atoms with van der Waals surface area (Å²) in [6.45, 7) is 2.17. The summed E-state index contributed by atoms with van der Waals surface area (Å²) in [7, 11) is 0. The summed E-state index contributed by atoms with van der Waals surface area (Å²) >= 11 is 2.27. The number of nitrogens with zero attached hydrogens (tertiary/aromatic N) is 2. The maximum atomic E-state index is 6.09. The van der Waals surface area contributed by atoms with Crippen LogP contribution in [0.5, 0.6) is 0 Å². The van der Waals surface area contributed by atoms with Gasteiger partial charge in [-0.3, -0.25) is 0 Å². The Morgan fingerprint density at radius 3 is 2.76 bits per heavy atom. The Morgan fingerprint density at radius 2 is 2.00 bits per heavy atom. The summed E-state index contributed by atoms with van der Waals surface area (Å²) in [5, 5.41) is 0. The first-order valence-corrected chi connectivity index (χ1v) is 8.65. The molecule has 1 heterocycles. The van der Waals surface area contributed by atoms with E-state index in [2.05, 4.69) is 58.8 Å². The van der Waals surface area contributed by atoms with Crippen LogP contribution in [0, 0.1) is 3.57 Å². The van der Waals surface area contributed by atoms with Crippen LogP contribution in [-0.4, -0.2) is 9.97 Å². The number of aromatic nitrogens is 2. The topological polar surface area (TPSA) is 51.8 Å². The molecule has 21 heavy (non-hydrogen) atoms. The predicted molar refractivity (Wildman–Crippen MR) is 94.4 cm³/mol. The highest BCUT2D eigenvalue weighted by Gasteiger charge is 2.23. The molecule has 1 aliphatic carbocycles. The van der Waals surface area contributed by atoms with Gasteiger partial charge in [0.25, 0.3) is 0 Å². The highest BCUT2D eigenvalue weighted by Crippen LogP contribution is 2.32. The van der Waals surface area contributed by atoms with Crippen molar-refractivity contribution in [1.29, 1.82) is 0 Å². The van der Waals surface area contributed by atoms with Crippen LogP contribution in [0.1, 0.15) is 48.3 Å². The molecule has 0 fully saturated rings. The lowest BCUT2D eigenvalue weighted by atomic mass is 9.83. The molecule has 0 bridgehead atoms. The minimum Gasteiger partial charge on any atom is -0.383 e. The molecule has 1 aliphatic rings. The summed E-state index contributed by atoms with van der Waals surface area (Å²) in [4.78, 5) is 9.39. The van der Waals surface area contributed by atoms with E-state index in [1.54, 1.807) is 0 Å². The first-order chi connectivity index (χ1) is 10.2. The highest BCUT2D eigenvalue weighted by molar-refractivity contribution is 14.1. The number of halogens is 1. The molecule has 0 aliphatic heterocycles. The molecule has 2 aromatic rings. The maximum Gasteiger partial charge on any atom is 0.140 e. The van der Waals surface area contributed by atoms with Crippen molar-refractivity contribution in [3.63, 3.8) is 0 Å². The van der Waals surface area contributed by atoms with Crippen LogP contribution in [0.25, 0.3) is 0 Å². The quantitative estimate of drug-likeness (QED) is 0.806. The molecule has 0 saturated heterocycles. The first-order valence-electron chi connectivity index (χ1n) is 7.57. The Balaban J connectivity index is 1.91. The first kappa shape index (κ1) is 14.8. The van der Waals surface area contributed by atoms with Crippen molar-refractivity contribution in [2.75, 3.05) is 5.73 Å². The number of rotatable bonds is 3. The largest absolute Gasteiger partial charge is 0.383 e. The van der Waals surface area contributed by atoms with Crippen LogP contribution in [0.2, 0.25) is 0 Å². The van der Waals surface area contributed by atoms with Gasteiger partial charge in [-0.2, -0.15) is 0 Å². The zero-order chi connectivity index (χ0) is 14.8. The van der Waals surface area contributed by atoms with Crippen molar-refractivity contribution in [3.8, 4) is 0 Å². The van der Waals surface area contributed by atoms with Crippen molar-refractivity contribution in [2.45, 2.75) is 44.9 Å². The van der Waals surface area contributed by atoms with Gasteiger partial charge in [0.05, 0.1) is 9.26 Å². The second-order valence-electron chi connectivity index (χ2n) is 5.69. The molecular weight excluding hydrogens is 373 g/mol. The van der Waals surface area contributed by atoms with Crippen molar-refractivity contribution >= 4 is 28.4 Å². The molecule has 110 valence electrons. The monoisotopic (exact) mass is 393 g/mol. The number of hydrogen-bond donors (Lipinski definition) is 1. The zero-order valence-electron chi connectivity index (χ0n) is 12.3. The second kappa shape index (κ2) is 6.30. The smallest absolute Gasteiger partial charge is 0.140 e. The number of anilines is 1. The van der Waals surface area contributed by atoms with Gasteiger partial charge in [0.1, 0.15) is 11.6 Å². The minimum atomic E-state index is 0.398. The molecule has 0 saturated carbocycles. The van der Waals surface area contributed by atoms with Gasteiger partial charge in [-0.1, -0.05) is 37.6 Å². The molecule has 1 aromatic heterocycles. The van der Waals surface area contributed by atoms with E-state index in [9.17, 15) is 0 Å². The third-order valence-electron chi connectivity index (χ3n) is 4.16. The summed E-state index contributed by atoms with van der Waals surface area (Å²) in [6, 6.07) is 8.70. The Hall–Kier alpha value is -1.17. The average Bonchev–Trinajstić information content (AvgIpc) is 2.51. The van der Waals surface area contributed by atoms with Gasteiger partial charge in [-0.05, 0) is 59.4 Å². The number of aryl methyl sites for hydroxylation is 2. The SMILES string of the molecule is CCCc1nc(C2CCc3ccccc3C2)nc(N)c1I. The van der Waals surface area contributed by atoms with E-state index in [-0.39, 0.29) is 0 Å². The zero-order valence-corrected chi connectivity index (χ0v) is 14.4. The Bertz CT molecular complexity index is 654. The van der Waals surface area contributed by atoms with E-state index < -0.39 is 0 Å². The molecule has 4 heteroatoms. The summed E-state index contributed by atoms with van der Waals surface area (Å²) < 4.78 is 1.02. The van der Waals surface area contributed by atoms with Crippen molar-refractivity contribution < 1.29 is 0 Å². The van der Waals surface area contributed by atoms with Gasteiger partial charge in [0.15, 0.2) is 0 Å². The van der Waals surface area contributed by atoms with Crippen LogP contribution >= 0.6 is 22.6 Å². The van der Waals surface area contributed by atoms with E-state index in [4.69, 9.17) is 10.7 Å². The van der Waals surface area contributed by atoms with Crippen LogP contribution in [0.3, 0.4) is 0 Å². The number of fused-ring (bicyclic) bond motifs is 1. The van der Waals surface area contributed by atoms with E-state index >= 15 is 0 Å². The lowest BCUT2D eigenvalue weighted by Crippen LogP contribution is -2.17. The number of nitrogens with two attached hydrogens (primary N) is 1. The van der Waals surface area contributed by atoms with Gasteiger partial charge < -0.3 is 5.73 Å². The average molecular weight is 393 g/mol. The number of hydrogen-bond acceptors (Lipinski definition) is 3. The molecule has 3 rings (SSSR count). The Labute approximate surface area is 139 Å². The molecule has 3 nitrogen and oxygen atoms in total. The fourth-order valence-corrected chi connectivity index (χ4v) is 3.55. The van der Waals surface area contributed by atoms with E-state index in [0.717, 1.165) is 47.2 Å². The maximum absolute atomic E-state index is 6.09. The van der Waals surface area contributed by atoms with E-state index in [1.165, 1.54) is 11.1 Å². The second-order valence-corrected chi connectivity index (χ2v) is 6.76. The van der Waals surface area contributed by atoms with Crippen LogP contribution in [-0.2, 0) is 19.3 Å². The van der Waals surface area contributed by atoms with Crippen LogP contribution in [0.4, 0.5) is 5.82 Å². The van der Waals surface area contributed by atoms with E-state index in [1.807, 2.05) is 0 Å². The highest BCUT2D eigenvalue weighted by atomic mass is 127. The van der Waals surface area contributed by atoms with Crippen molar-refractivity contribution in [2.24, 2.45) is 0 Å². The minimum absolute atomic E-state index is 0.398. The molecular formula is C17H20IN3. The number of nitrogen functional groups attached to an aromatic ring is 1. The van der Waals surface area contributed by atoms with Gasteiger partial charge >= 0.3 is 0 Å². The summed E-state index contributed by atoms with van der Waals surface area (Å²) in [6.07, 6.45) is 5.31. The van der Waals surface area contributed by atoms with Crippen molar-refractivity contribution in [1.82, 2.24) is 9.97 Å². The fraction of sp³-hybridized carbons (Fsp3) is 0.412. The molecule has 1 unspecified atom stereocenters. The molecule has 0 amide bonds. The standard InChI is InChI=1S/C17H20IN3/c1-2-5-14-15(18)16(19)21-17(20-14)13-9-8-11-6-3-4-7-12(11)10-13/h3-4,6-7,13H,2,5,8-10H2,1H3,(H2,19,20,21). The molecule has 0 spiro atoms. The lowest BCUT2D eigenvalue weighted by Gasteiger charge is -2.24. The molecule has 0 radical (unpaired) electrons. The summed E-state index contributed by atoms with van der Waals surface area (Å²) in [5.41, 5.74) is 10.1. The van der Waals surface area contributed by atoms with Crippen LogP contribution < -0.4 is 5.73 Å². The molecule has 1 atom stereocenters. The Kier molecular flexibility index (Phi) is 4.42. The molecule has 1 aromatic carbocycles. The normalized spacial score (nSPS) is 17.5. The number of benzene rings is 1. The van der Waals surface area contributed by atoms with Gasteiger partial charge in [-0.15, -0.1) is 0 Å². The van der Waals surface area contributed by atoms with E-state index in [0.29, 0.717) is 11.7 Å². The van der Waals surface area contributed by atoms with Gasteiger partial charge in [-0.25, -0.2) is 9.97 Å². The predicted octanol–water partition coefficient (Wildman–Crippen LogP) is 3.89.